The normalized spacial score (nSPS) is 11.9. The van der Waals surface area contributed by atoms with Crippen molar-refractivity contribution in [2.24, 2.45) is 5.41 Å². The van der Waals surface area contributed by atoms with Gasteiger partial charge in [0.05, 0.1) is 11.4 Å². The number of halogens is 1. The summed E-state index contributed by atoms with van der Waals surface area (Å²) in [5.41, 5.74) is 4.01. The molecule has 4 heteroatoms. The second-order valence-corrected chi connectivity index (χ2v) is 8.05. The maximum Gasteiger partial charge on any atom is 0.128 e. The van der Waals surface area contributed by atoms with Crippen LogP contribution in [0.1, 0.15) is 58.2 Å². The highest BCUT2D eigenvalue weighted by Gasteiger charge is 2.10. The maximum absolute atomic E-state index is 4.25. The molecular weight excluding hydrogens is 385 g/mol. The van der Waals surface area contributed by atoms with E-state index < -0.39 is 0 Å². The molecule has 0 N–H and O–H groups in total. The summed E-state index contributed by atoms with van der Waals surface area (Å²) in [6.45, 7) is 9.04. The van der Waals surface area contributed by atoms with Gasteiger partial charge in [-0.3, -0.25) is 0 Å². The average molecular weight is 411 g/mol. The summed E-state index contributed by atoms with van der Waals surface area (Å²) >= 11 is 2.32. The number of hydrogen-bond acceptors (Lipinski definition) is 2. The Bertz CT molecular complexity index is 594. The lowest BCUT2D eigenvalue weighted by Gasteiger charge is -2.17. The summed E-state index contributed by atoms with van der Waals surface area (Å²) in [5.74, 6) is 0. The number of aryl methyl sites for hydroxylation is 2. The first-order valence-electron chi connectivity index (χ1n) is 8.10. The molecular formula is C18H26IN3. The zero-order valence-corrected chi connectivity index (χ0v) is 16.2. The molecule has 2 aromatic rings. The van der Waals surface area contributed by atoms with Crippen LogP contribution in [0.5, 0.6) is 0 Å². The smallest absolute Gasteiger partial charge is 0.128 e. The van der Waals surface area contributed by atoms with Crippen molar-refractivity contribution in [2.45, 2.75) is 59.8 Å². The lowest BCUT2D eigenvalue weighted by molar-refractivity contribution is 0.360. The first-order valence-corrected chi connectivity index (χ1v) is 9.18. The van der Waals surface area contributed by atoms with Crippen molar-refractivity contribution in [1.82, 2.24) is 15.0 Å². The second kappa shape index (κ2) is 7.57. The predicted molar refractivity (Wildman–Crippen MR) is 100 cm³/mol. The van der Waals surface area contributed by atoms with Crippen LogP contribution in [0.2, 0.25) is 0 Å². The van der Waals surface area contributed by atoms with Crippen LogP contribution in [0, 0.1) is 9.12 Å². The molecule has 1 aromatic heterocycles. The molecule has 0 fully saturated rings. The zero-order chi connectivity index (χ0) is 16.2. The highest BCUT2D eigenvalue weighted by Crippen LogP contribution is 2.22. The number of rotatable bonds is 6. The van der Waals surface area contributed by atoms with E-state index in [1.807, 2.05) is 4.68 Å². The van der Waals surface area contributed by atoms with Gasteiger partial charge in [0.1, 0.15) is 3.70 Å². The molecule has 0 saturated carbocycles. The topological polar surface area (TPSA) is 30.7 Å². The van der Waals surface area contributed by atoms with E-state index in [1.54, 1.807) is 0 Å². The van der Waals surface area contributed by atoms with Gasteiger partial charge in [0.2, 0.25) is 0 Å². The molecule has 0 unspecified atom stereocenters. The number of nitrogens with zero attached hydrogens (tertiary/aromatic N) is 3. The van der Waals surface area contributed by atoms with E-state index in [0.29, 0.717) is 5.41 Å². The number of unbranched alkanes of at least 4 members (excludes halogenated alkanes) is 1. The average Bonchev–Trinajstić information content (AvgIpc) is 2.84. The summed E-state index contributed by atoms with van der Waals surface area (Å²) in [6.07, 6.45) is 5.93. The van der Waals surface area contributed by atoms with Gasteiger partial charge in [-0.1, -0.05) is 51.5 Å². The van der Waals surface area contributed by atoms with Crippen LogP contribution in [0.25, 0.3) is 5.69 Å². The van der Waals surface area contributed by atoms with Crippen molar-refractivity contribution in [2.75, 3.05) is 0 Å². The molecule has 120 valence electrons. The van der Waals surface area contributed by atoms with Crippen molar-refractivity contribution < 1.29 is 0 Å². The molecule has 0 aliphatic heterocycles. The minimum atomic E-state index is 0.449. The highest BCUT2D eigenvalue weighted by molar-refractivity contribution is 14.1. The Kier molecular flexibility index (Phi) is 6.01. The van der Waals surface area contributed by atoms with Crippen molar-refractivity contribution in [3.05, 3.63) is 39.2 Å². The molecule has 0 radical (unpaired) electrons. The van der Waals surface area contributed by atoms with Crippen molar-refractivity contribution in [1.29, 1.82) is 0 Å². The second-order valence-electron chi connectivity index (χ2n) is 7.03. The van der Waals surface area contributed by atoms with Crippen molar-refractivity contribution in [3.63, 3.8) is 0 Å². The fourth-order valence-electron chi connectivity index (χ4n) is 2.47. The molecule has 0 saturated heterocycles. The number of hydrogen-bond donors (Lipinski definition) is 0. The molecule has 1 heterocycles. The van der Waals surface area contributed by atoms with E-state index in [4.69, 9.17) is 0 Å². The summed E-state index contributed by atoms with van der Waals surface area (Å²) < 4.78 is 3.03. The summed E-state index contributed by atoms with van der Waals surface area (Å²) in [6, 6.07) is 8.73. The van der Waals surface area contributed by atoms with Crippen LogP contribution >= 0.6 is 22.6 Å². The molecule has 0 atom stereocenters. The minimum absolute atomic E-state index is 0.449. The zero-order valence-electron chi connectivity index (χ0n) is 14.1. The van der Waals surface area contributed by atoms with E-state index in [-0.39, 0.29) is 0 Å². The van der Waals surface area contributed by atoms with Crippen LogP contribution in [0.4, 0.5) is 0 Å². The minimum Gasteiger partial charge on any atom is -0.207 e. The standard InChI is InChI=1S/C18H26IN3/c1-5-16-17(19)22(21-20-16)15-11-9-14(10-12-15)8-6-7-13-18(2,3)4/h9-12H,5-8,13H2,1-4H3. The van der Waals surface area contributed by atoms with Crippen LogP contribution in [0.3, 0.4) is 0 Å². The van der Waals surface area contributed by atoms with Gasteiger partial charge in [0.15, 0.2) is 0 Å². The summed E-state index contributed by atoms with van der Waals surface area (Å²) in [4.78, 5) is 0. The first kappa shape index (κ1) is 17.4. The van der Waals surface area contributed by atoms with Crippen LogP contribution < -0.4 is 0 Å². The summed E-state index contributed by atoms with van der Waals surface area (Å²) in [7, 11) is 0. The van der Waals surface area contributed by atoms with E-state index in [1.165, 1.54) is 24.8 Å². The molecule has 22 heavy (non-hydrogen) atoms. The van der Waals surface area contributed by atoms with Gasteiger partial charge in [0, 0.05) is 0 Å². The molecule has 0 aliphatic rings. The van der Waals surface area contributed by atoms with Gasteiger partial charge in [0.25, 0.3) is 0 Å². The van der Waals surface area contributed by atoms with Crippen molar-refractivity contribution >= 4 is 22.6 Å². The van der Waals surface area contributed by atoms with E-state index >= 15 is 0 Å². The fraction of sp³-hybridized carbons (Fsp3) is 0.556. The van der Waals surface area contributed by atoms with E-state index in [9.17, 15) is 0 Å². The molecule has 1 aromatic carbocycles. The SMILES string of the molecule is CCc1nnn(-c2ccc(CCCCC(C)(C)C)cc2)c1I. The monoisotopic (exact) mass is 411 g/mol. The van der Waals surface area contributed by atoms with Crippen LogP contribution in [0.15, 0.2) is 24.3 Å². The first-order chi connectivity index (χ1) is 10.4. The Morgan fingerprint density at radius 1 is 1.09 bits per heavy atom. The third-order valence-corrected chi connectivity index (χ3v) is 4.92. The molecule has 3 nitrogen and oxygen atoms in total. The highest BCUT2D eigenvalue weighted by atomic mass is 127. The van der Waals surface area contributed by atoms with Gasteiger partial charge in [-0.05, 0) is 71.4 Å². The lowest BCUT2D eigenvalue weighted by Crippen LogP contribution is -2.04. The van der Waals surface area contributed by atoms with E-state index in [2.05, 4.69) is 84.9 Å². The molecule has 2 rings (SSSR count). The Labute approximate surface area is 147 Å². The third-order valence-electron chi connectivity index (χ3n) is 3.84. The van der Waals surface area contributed by atoms with Gasteiger partial charge in [-0.2, -0.15) is 0 Å². The van der Waals surface area contributed by atoms with Gasteiger partial charge < -0.3 is 0 Å². The Hall–Kier alpha value is -0.910. The van der Waals surface area contributed by atoms with Gasteiger partial charge in [-0.25, -0.2) is 4.68 Å². The molecule has 0 spiro atoms. The van der Waals surface area contributed by atoms with Crippen LogP contribution in [-0.4, -0.2) is 15.0 Å². The van der Waals surface area contributed by atoms with E-state index in [0.717, 1.165) is 27.9 Å². The molecule has 0 amide bonds. The molecule has 0 bridgehead atoms. The fourth-order valence-corrected chi connectivity index (χ4v) is 3.34. The number of aromatic nitrogens is 3. The number of benzene rings is 1. The Morgan fingerprint density at radius 3 is 2.32 bits per heavy atom. The Morgan fingerprint density at radius 2 is 1.77 bits per heavy atom. The van der Waals surface area contributed by atoms with Gasteiger partial charge in [-0.15, -0.1) is 5.10 Å². The Balaban J connectivity index is 1.94. The largest absolute Gasteiger partial charge is 0.207 e. The van der Waals surface area contributed by atoms with Crippen LogP contribution in [-0.2, 0) is 12.8 Å². The lowest BCUT2D eigenvalue weighted by atomic mass is 9.89. The quantitative estimate of drug-likeness (QED) is 0.484. The molecule has 0 aliphatic carbocycles. The maximum atomic E-state index is 4.25. The predicted octanol–water partition coefficient (Wildman–Crippen LogP) is 5.19. The van der Waals surface area contributed by atoms with Gasteiger partial charge >= 0.3 is 0 Å². The third kappa shape index (κ3) is 4.80. The summed E-state index contributed by atoms with van der Waals surface area (Å²) in [5, 5.41) is 8.47. The van der Waals surface area contributed by atoms with Crippen molar-refractivity contribution in [3.8, 4) is 5.69 Å².